The van der Waals surface area contributed by atoms with Crippen LogP contribution in [0.1, 0.15) is 0 Å². The van der Waals surface area contributed by atoms with Gasteiger partial charge in [-0.15, -0.1) is 0 Å². The highest BCUT2D eigenvalue weighted by molar-refractivity contribution is 5.73. The van der Waals surface area contributed by atoms with E-state index in [1.807, 2.05) is 6.07 Å². The van der Waals surface area contributed by atoms with E-state index >= 15 is 0 Å². The van der Waals surface area contributed by atoms with Gasteiger partial charge in [-0.3, -0.25) is 4.79 Å². The number of phenolic OH excluding ortho intramolecular Hbond substituents is 1. The summed E-state index contributed by atoms with van der Waals surface area (Å²) in [5.41, 5.74) is 4.49. The first kappa shape index (κ1) is 17.4. The zero-order valence-electron chi connectivity index (χ0n) is 15.4. The van der Waals surface area contributed by atoms with Crippen LogP contribution in [-0.2, 0) is 0 Å². The highest BCUT2D eigenvalue weighted by Gasteiger charge is 2.14. The molecule has 0 spiro atoms. The number of H-pyrrole nitrogens is 1. The first-order valence-electron chi connectivity index (χ1n) is 9.16. The number of hydrogen-bond acceptors (Lipinski definition) is 4. The number of nitrogens with zero attached hydrogens (tertiary/aromatic N) is 2. The van der Waals surface area contributed by atoms with Crippen LogP contribution in [0.25, 0.3) is 22.3 Å². The highest BCUT2D eigenvalue weighted by Crippen LogP contribution is 2.26. The van der Waals surface area contributed by atoms with Crippen molar-refractivity contribution in [1.82, 2.24) is 9.88 Å². The molecule has 1 aliphatic heterocycles. The molecule has 5 heteroatoms. The maximum absolute atomic E-state index is 12.2. The molecule has 0 radical (unpaired) electrons. The number of phenols is 1. The van der Waals surface area contributed by atoms with E-state index in [-0.39, 0.29) is 11.3 Å². The number of aromatic nitrogens is 1. The first-order chi connectivity index (χ1) is 13.1. The van der Waals surface area contributed by atoms with E-state index in [0.29, 0.717) is 5.56 Å². The Kier molecular flexibility index (Phi) is 4.69. The Labute approximate surface area is 158 Å². The number of likely N-dealkylation sites (N-methyl/N-ethyl adjacent to an activating group) is 1. The Morgan fingerprint density at radius 3 is 2.15 bits per heavy atom. The van der Waals surface area contributed by atoms with Crippen molar-refractivity contribution in [3.63, 3.8) is 0 Å². The number of piperazine rings is 1. The summed E-state index contributed by atoms with van der Waals surface area (Å²) in [7, 11) is 2.16. The van der Waals surface area contributed by atoms with Gasteiger partial charge in [0.15, 0.2) is 0 Å². The predicted molar refractivity (Wildman–Crippen MR) is 109 cm³/mol. The maximum atomic E-state index is 12.2. The normalized spacial score (nSPS) is 15.1. The van der Waals surface area contributed by atoms with Crippen molar-refractivity contribution in [2.75, 3.05) is 38.1 Å². The molecular formula is C22H23N3O2. The van der Waals surface area contributed by atoms with E-state index in [0.717, 1.165) is 42.9 Å². The van der Waals surface area contributed by atoms with Crippen molar-refractivity contribution in [2.45, 2.75) is 0 Å². The quantitative estimate of drug-likeness (QED) is 0.752. The third-order valence-corrected chi connectivity index (χ3v) is 5.15. The molecule has 0 amide bonds. The van der Waals surface area contributed by atoms with Gasteiger partial charge in [0.2, 0.25) is 0 Å². The van der Waals surface area contributed by atoms with Crippen molar-refractivity contribution in [1.29, 1.82) is 0 Å². The van der Waals surface area contributed by atoms with Crippen LogP contribution >= 0.6 is 0 Å². The number of pyridine rings is 1. The lowest BCUT2D eigenvalue weighted by Crippen LogP contribution is -2.44. The summed E-state index contributed by atoms with van der Waals surface area (Å²) < 4.78 is 0. The minimum Gasteiger partial charge on any atom is -0.508 e. The van der Waals surface area contributed by atoms with E-state index in [1.54, 1.807) is 30.5 Å². The Morgan fingerprint density at radius 2 is 1.48 bits per heavy atom. The molecule has 5 nitrogen and oxygen atoms in total. The third-order valence-electron chi connectivity index (χ3n) is 5.15. The van der Waals surface area contributed by atoms with Crippen molar-refractivity contribution >= 4 is 5.69 Å². The van der Waals surface area contributed by atoms with Crippen LogP contribution in [0.2, 0.25) is 0 Å². The Balaban J connectivity index is 1.61. The van der Waals surface area contributed by atoms with E-state index in [4.69, 9.17) is 0 Å². The Hall–Kier alpha value is -3.05. The van der Waals surface area contributed by atoms with Crippen LogP contribution in [0, 0.1) is 0 Å². The van der Waals surface area contributed by atoms with Gasteiger partial charge >= 0.3 is 0 Å². The minimum absolute atomic E-state index is 0.140. The summed E-state index contributed by atoms with van der Waals surface area (Å²) in [4.78, 5) is 19.8. The zero-order chi connectivity index (χ0) is 18.8. The summed E-state index contributed by atoms with van der Waals surface area (Å²) in [6.07, 6.45) is 1.75. The lowest BCUT2D eigenvalue weighted by atomic mass is 10.0. The van der Waals surface area contributed by atoms with Crippen LogP contribution in [0.5, 0.6) is 5.75 Å². The average molecular weight is 361 g/mol. The molecule has 27 heavy (non-hydrogen) atoms. The van der Waals surface area contributed by atoms with Gasteiger partial charge in [-0.25, -0.2) is 0 Å². The molecule has 0 unspecified atom stereocenters. The van der Waals surface area contributed by atoms with Gasteiger partial charge in [-0.05, 0) is 54.1 Å². The van der Waals surface area contributed by atoms with Gasteiger partial charge < -0.3 is 19.9 Å². The zero-order valence-corrected chi connectivity index (χ0v) is 15.4. The third kappa shape index (κ3) is 3.73. The summed E-state index contributed by atoms with van der Waals surface area (Å²) in [5.74, 6) is 0.186. The molecule has 3 aromatic rings. The Morgan fingerprint density at radius 1 is 0.852 bits per heavy atom. The van der Waals surface area contributed by atoms with Crippen molar-refractivity contribution < 1.29 is 5.11 Å². The smallest absolute Gasteiger partial charge is 0.255 e. The van der Waals surface area contributed by atoms with Gasteiger partial charge in [0.1, 0.15) is 5.75 Å². The van der Waals surface area contributed by atoms with Crippen LogP contribution in [0.3, 0.4) is 0 Å². The molecule has 1 fully saturated rings. The van der Waals surface area contributed by atoms with Gasteiger partial charge in [0.05, 0.1) is 0 Å². The number of anilines is 1. The van der Waals surface area contributed by atoms with Crippen molar-refractivity contribution in [3.8, 4) is 28.0 Å². The fraction of sp³-hybridized carbons (Fsp3) is 0.227. The molecule has 0 bridgehead atoms. The topological polar surface area (TPSA) is 59.6 Å². The summed E-state index contributed by atoms with van der Waals surface area (Å²) >= 11 is 0. The number of aromatic hydroxyl groups is 1. The van der Waals surface area contributed by atoms with Crippen LogP contribution < -0.4 is 10.5 Å². The van der Waals surface area contributed by atoms with E-state index in [2.05, 4.69) is 46.1 Å². The number of rotatable bonds is 3. The minimum atomic E-state index is -0.140. The number of hydrogen-bond donors (Lipinski definition) is 2. The second kappa shape index (κ2) is 7.29. The fourth-order valence-electron chi connectivity index (χ4n) is 3.44. The second-order valence-corrected chi connectivity index (χ2v) is 7.02. The van der Waals surface area contributed by atoms with Crippen LogP contribution in [-0.4, -0.2) is 48.2 Å². The SMILES string of the molecule is CN1CCN(c2ccc(-c3c[nH]c(=O)c(-c4ccc(O)cc4)c3)cc2)CC1. The molecule has 2 heterocycles. The van der Waals surface area contributed by atoms with Gasteiger partial charge in [-0.2, -0.15) is 0 Å². The second-order valence-electron chi connectivity index (χ2n) is 7.02. The molecule has 1 aromatic heterocycles. The van der Waals surface area contributed by atoms with Crippen molar-refractivity contribution in [2.24, 2.45) is 0 Å². The molecule has 2 aromatic carbocycles. The van der Waals surface area contributed by atoms with Gasteiger partial charge in [0.25, 0.3) is 5.56 Å². The molecule has 0 saturated carbocycles. The van der Waals surface area contributed by atoms with Crippen LogP contribution in [0.4, 0.5) is 5.69 Å². The summed E-state index contributed by atoms with van der Waals surface area (Å²) in [5, 5.41) is 9.46. The van der Waals surface area contributed by atoms with Crippen molar-refractivity contribution in [3.05, 3.63) is 71.1 Å². The molecule has 1 aliphatic rings. The molecule has 1 saturated heterocycles. The largest absolute Gasteiger partial charge is 0.508 e. The summed E-state index contributed by atoms with van der Waals surface area (Å²) in [6, 6.07) is 17.1. The molecule has 2 N–H and O–H groups in total. The number of benzene rings is 2. The number of aromatic amines is 1. The number of nitrogens with one attached hydrogen (secondary N) is 1. The predicted octanol–water partition coefficient (Wildman–Crippen LogP) is 3.17. The average Bonchev–Trinajstić information content (AvgIpc) is 2.70. The summed E-state index contributed by atoms with van der Waals surface area (Å²) in [6.45, 7) is 4.24. The standard InChI is InChI=1S/C22H23N3O2/c1-24-10-12-25(13-11-24)19-6-2-16(3-7-19)18-14-21(22(27)23-15-18)17-4-8-20(26)9-5-17/h2-9,14-15,26H,10-13H2,1H3,(H,23,27). The molecular weight excluding hydrogens is 338 g/mol. The van der Waals surface area contributed by atoms with E-state index in [9.17, 15) is 9.90 Å². The first-order valence-corrected chi connectivity index (χ1v) is 9.16. The van der Waals surface area contributed by atoms with Gasteiger partial charge in [-0.1, -0.05) is 24.3 Å². The van der Waals surface area contributed by atoms with Crippen LogP contribution in [0.15, 0.2) is 65.6 Å². The Bertz CT molecular complexity index is 970. The molecule has 4 rings (SSSR count). The van der Waals surface area contributed by atoms with E-state index < -0.39 is 0 Å². The van der Waals surface area contributed by atoms with E-state index in [1.165, 1.54) is 5.69 Å². The van der Waals surface area contributed by atoms with Gasteiger partial charge in [0, 0.05) is 43.6 Å². The maximum Gasteiger partial charge on any atom is 0.255 e. The fourth-order valence-corrected chi connectivity index (χ4v) is 3.44. The lowest BCUT2D eigenvalue weighted by Gasteiger charge is -2.34. The molecule has 138 valence electrons. The molecule has 0 atom stereocenters. The highest BCUT2D eigenvalue weighted by atomic mass is 16.3. The monoisotopic (exact) mass is 361 g/mol. The lowest BCUT2D eigenvalue weighted by molar-refractivity contribution is 0.313. The molecule has 0 aliphatic carbocycles.